The second-order valence-electron chi connectivity index (χ2n) is 26.1. The molecule has 708 valence electrons. The summed E-state index contributed by atoms with van der Waals surface area (Å²) in [5.74, 6) is -10.4. The van der Waals surface area contributed by atoms with Crippen molar-refractivity contribution in [2.45, 2.75) is 178 Å². The average molecular weight is 1820 g/mol. The van der Waals surface area contributed by atoms with E-state index in [0.717, 1.165) is 163 Å². The lowest BCUT2D eigenvalue weighted by Gasteiger charge is -2.29. The van der Waals surface area contributed by atoms with E-state index in [0.29, 0.717) is 30.4 Å². The predicted octanol–water partition coefficient (Wildman–Crippen LogP) is -10.2. The molecule has 0 heterocycles. The maximum Gasteiger partial charge on any atom is 0.470 e. The van der Waals surface area contributed by atoms with E-state index in [2.05, 4.69) is 67.6 Å². The van der Waals surface area contributed by atoms with Crippen molar-refractivity contribution in [3.63, 3.8) is 0 Å². The first-order chi connectivity index (χ1) is 55.5. The highest BCUT2D eigenvalue weighted by atomic mass is 32.1. The van der Waals surface area contributed by atoms with Crippen molar-refractivity contribution in [3.8, 4) is 0 Å². The fourth-order valence-corrected chi connectivity index (χ4v) is 8.71. The fourth-order valence-electron chi connectivity index (χ4n) is 7.47. The number of likely N-dealkylation sites (N-methyl/N-ethyl adjacent to an activating group) is 1. The molecule has 0 aromatic rings. The van der Waals surface area contributed by atoms with Crippen molar-refractivity contribution in [2.75, 3.05) is 171 Å². The number of quaternary nitrogens is 1. The Morgan fingerprint density at radius 2 is 0.916 bits per heavy atom. The normalized spacial score (nSPS) is 13.3. The number of nitrogens with one attached hydrogen (secondary N) is 6. The van der Waals surface area contributed by atoms with Gasteiger partial charge in [-0.3, -0.25) is 51.9 Å². The largest absolute Gasteiger partial charge is 0.550 e. The minimum Gasteiger partial charge on any atom is -0.550 e. The van der Waals surface area contributed by atoms with Crippen LogP contribution >= 0.6 is 36.1 Å². The highest BCUT2D eigenvalue weighted by Gasteiger charge is 2.34. The van der Waals surface area contributed by atoms with E-state index in [1.807, 2.05) is 21.1 Å². The third-order valence-corrected chi connectivity index (χ3v) is 15.6. The first kappa shape index (κ1) is 129. The van der Waals surface area contributed by atoms with Crippen LogP contribution in [0.5, 0.6) is 0 Å². The first-order valence-corrected chi connectivity index (χ1v) is 43.2. The molecule has 0 aliphatic heterocycles. The molecule has 0 saturated carbocycles. The van der Waals surface area contributed by atoms with Gasteiger partial charge in [0.2, 0.25) is 17.6 Å². The number of hydrogen-bond donors (Lipinski definition) is 29. The summed E-state index contributed by atoms with van der Waals surface area (Å²) < 4.78 is 57.2. The smallest absolute Gasteiger partial charge is 0.470 e. The molecule has 0 aliphatic rings. The third-order valence-electron chi connectivity index (χ3n) is 13.7. The Morgan fingerprint density at radius 1 is 0.529 bits per heavy atom. The molecule has 5 unspecified atom stereocenters. The van der Waals surface area contributed by atoms with E-state index in [4.69, 9.17) is 107 Å². The number of phosphoric ester groups is 3. The molecule has 0 aromatic carbocycles. The number of hydrogen-bond acceptors (Lipinski definition) is 40. The van der Waals surface area contributed by atoms with Crippen LogP contribution in [0.1, 0.15) is 123 Å². The van der Waals surface area contributed by atoms with Gasteiger partial charge in [0.05, 0.1) is 27.7 Å². The molecule has 2 amide bonds. The number of nitrogens with two attached hydrogens (primary N) is 11. The van der Waals surface area contributed by atoms with Gasteiger partial charge in [0.25, 0.3) is 0 Å². The number of carbonyl (C=O) groups is 11. The number of ether oxygens (including phenoxy) is 3. The van der Waals surface area contributed by atoms with E-state index < -0.39 is 164 Å². The molecule has 0 bridgehead atoms. The standard InChI is InChI=1S/C13H22N3O11PS.C12H25N3O4.C10H26N4.2C7H19N3.C6H14O12P2.C6H8O5.C4H12N2/c14-8(13(21)22)1-2-10(18)16-9(6-29)12(20)15-3-11(19)27-7(4-17)5-26-28(23,24)25;1-15(2,3)8-9(7-11(16)17)19-12(18)10(14)5-4-6-13;11-5-3-9-13-7-1-2-8-14-10-4-6-12;2*8-4-1-2-6-10-7-3-5-9;7-3(1-17-19(11,12)13)5(9)6(10)4(8)2-18-20(14,15)16;1-3(7)6(10)11-4(2)5(8)9;5-3-1-2-4-6/h4,7-9,29H,1-3,5-6,14H2,(H,15,20)(H,16,18)(H,21,22)(H2,23,24,25);9-10H,4-8,13-14H2,1-3H3;13-14H,1-12H2;2*10H,1-9H2;3,5-7,9-10H,1-2H2,(H2,11,12,13)(H2,14,15,16);4H,1-2H3,(H,8,9);1-6H2/t;9?,10-;;;;3-,5-,6-;;/m.0...1../s1. The molecule has 0 rings (SSSR count). The first-order valence-electron chi connectivity index (χ1n) is 38.0. The summed E-state index contributed by atoms with van der Waals surface area (Å²) in [6.07, 6.45) is 3.76. The summed E-state index contributed by atoms with van der Waals surface area (Å²) in [6, 6.07) is -3.15. The maximum atomic E-state index is 12.0. The van der Waals surface area contributed by atoms with Gasteiger partial charge in [-0.1, -0.05) is 0 Å². The van der Waals surface area contributed by atoms with Gasteiger partial charge >= 0.3 is 53.3 Å². The van der Waals surface area contributed by atoms with Crippen molar-refractivity contribution in [1.29, 1.82) is 0 Å². The van der Waals surface area contributed by atoms with Crippen molar-refractivity contribution >= 4 is 102 Å². The van der Waals surface area contributed by atoms with Crippen molar-refractivity contribution in [1.82, 2.24) is 31.9 Å². The van der Waals surface area contributed by atoms with E-state index >= 15 is 0 Å². The van der Waals surface area contributed by atoms with Crippen LogP contribution in [0.2, 0.25) is 0 Å². The highest BCUT2D eigenvalue weighted by Crippen LogP contribution is 2.37. The Kier molecular flexibility index (Phi) is 92.2. The average Bonchev–Trinajstić information content (AvgIpc) is 0.887. The van der Waals surface area contributed by atoms with Crippen LogP contribution in [0.4, 0.5) is 0 Å². The van der Waals surface area contributed by atoms with Crippen molar-refractivity contribution in [2.24, 2.45) is 63.1 Å². The number of carboxylic acid groups (broad SMARTS) is 3. The summed E-state index contributed by atoms with van der Waals surface area (Å²) in [7, 11) is -9.09. The van der Waals surface area contributed by atoms with E-state index in [9.17, 15) is 86.9 Å². The van der Waals surface area contributed by atoms with Crippen LogP contribution in [0.15, 0.2) is 0 Å². The number of amides is 2. The monoisotopic (exact) mass is 1810 g/mol. The number of aliphatic hydroxyl groups is 3. The zero-order valence-corrected chi connectivity index (χ0v) is 72.7. The number of aliphatic carboxylic acids is 3. The topological polar surface area (TPSA) is 898 Å². The Bertz CT molecular complexity index is 2720. The molecule has 0 aromatic heterocycles. The van der Waals surface area contributed by atoms with Gasteiger partial charge in [-0.2, -0.15) is 12.6 Å². The molecular weight excluding hydrogens is 1670 g/mol. The molecule has 0 radical (unpaired) electrons. The van der Waals surface area contributed by atoms with E-state index in [-0.39, 0.29) is 31.3 Å². The number of unbranched alkanes of at least 4 members (excludes halogenated alkanes) is 4. The molecule has 0 spiro atoms. The summed E-state index contributed by atoms with van der Waals surface area (Å²) in [6.45, 7) is 13.9. The highest BCUT2D eigenvalue weighted by molar-refractivity contribution is 7.80. The number of thiol groups is 1. The minimum atomic E-state index is -4.95. The molecular formula is C65H145N18O32P3S. The van der Waals surface area contributed by atoms with E-state index in [1.54, 1.807) is 0 Å². The molecule has 54 heteroatoms. The number of phosphoric acid groups is 3. The second kappa shape index (κ2) is 84.9. The number of esters is 3. The number of rotatable bonds is 63. The quantitative estimate of drug-likeness (QED) is 0.00393. The summed E-state index contributed by atoms with van der Waals surface area (Å²) in [5, 5.41) is 72.9. The number of aliphatic hydroxyl groups excluding tert-OH is 3. The summed E-state index contributed by atoms with van der Waals surface area (Å²) in [5.41, 5.74) is 58.6. The van der Waals surface area contributed by atoms with Crippen LogP contribution in [-0.4, -0.2) is 351 Å². The number of aldehydes is 1. The van der Waals surface area contributed by atoms with Gasteiger partial charge in [-0.25, -0.2) is 23.3 Å². The molecule has 9 atom stereocenters. The van der Waals surface area contributed by atoms with Crippen molar-refractivity contribution in [3.05, 3.63) is 0 Å². The fraction of sp³-hybridized carbons (Fsp3) is 0.831. The summed E-state index contributed by atoms with van der Waals surface area (Å²) >= 11 is 3.89. The van der Waals surface area contributed by atoms with Gasteiger partial charge in [-0.05, 0) is 214 Å². The number of carboxylic acids is 3. The van der Waals surface area contributed by atoms with Crippen LogP contribution in [0.3, 0.4) is 0 Å². The molecule has 39 N–H and O–H groups in total. The lowest BCUT2D eigenvalue weighted by molar-refractivity contribution is -0.873. The molecule has 0 fully saturated rings. The lowest BCUT2D eigenvalue weighted by atomic mass is 10.1. The summed E-state index contributed by atoms with van der Waals surface area (Å²) in [4.78, 5) is 171. The lowest BCUT2D eigenvalue weighted by Crippen LogP contribution is -2.49. The van der Waals surface area contributed by atoms with Crippen LogP contribution in [0, 0.1) is 0 Å². The van der Waals surface area contributed by atoms with Crippen molar-refractivity contribution < 1.29 is 159 Å². The Morgan fingerprint density at radius 3 is 1.26 bits per heavy atom. The van der Waals surface area contributed by atoms with Crippen LogP contribution in [0.25, 0.3) is 0 Å². The predicted molar refractivity (Wildman–Crippen MR) is 438 cm³/mol. The van der Waals surface area contributed by atoms with Crippen LogP contribution < -0.4 is 100 Å². The van der Waals surface area contributed by atoms with E-state index in [1.165, 1.54) is 32.6 Å². The number of nitrogens with zero attached hydrogens (tertiary/aromatic N) is 1. The molecule has 0 aliphatic carbocycles. The number of carbonyl (C=O) groups excluding carboxylic acids is 9. The minimum absolute atomic E-state index is 0.0773. The van der Waals surface area contributed by atoms with Crippen LogP contribution in [-0.2, 0) is 94.2 Å². The Hall–Kier alpha value is -5.31. The Labute approximate surface area is 701 Å². The Balaban J connectivity index is -0.000000205. The van der Waals surface area contributed by atoms with Gasteiger partial charge < -0.3 is 178 Å². The zero-order chi connectivity index (χ0) is 93.4. The zero-order valence-electron chi connectivity index (χ0n) is 69.1. The maximum absolute atomic E-state index is 12.0. The van der Waals surface area contributed by atoms with Gasteiger partial charge in [0.15, 0.2) is 30.4 Å². The molecule has 119 heavy (non-hydrogen) atoms. The van der Waals surface area contributed by atoms with Gasteiger partial charge in [0, 0.05) is 31.5 Å². The number of ketones is 2. The molecule has 0 saturated heterocycles. The SMILES string of the molecule is CC(=O)C(=O)OC(C)C(=O)O.C[N+](C)(C)CC(CC(=O)[O-])OC(=O)[C@@H](N)CCCN.NC(CCC(=O)NC(CS)C(=O)NCC(=O)OC(C=O)COP(=O)(O)O)C(=O)O.NCCCCN.NCCCCNCCCN.NCCCCNCCCN.NCCCNCCCCNCCCN.O=C(COP(=O)(O)O)[C@@H](O)[C@H](O)[C@H](O)COP(=O)(O)O. The van der Waals surface area contributed by atoms with Gasteiger partial charge in [0.1, 0.15) is 62.7 Å². The number of Topliss-reactive ketones (excluding diaryl/α,β-unsaturated/α-hetero) is 2. The molecule has 50 nitrogen and oxygen atoms in total. The second-order valence-corrected chi connectivity index (χ2v) is 30.2. The third kappa shape index (κ3) is 103. The van der Waals surface area contributed by atoms with Gasteiger partial charge in [-0.15, -0.1) is 0 Å².